The van der Waals surface area contributed by atoms with E-state index >= 15 is 0 Å². The number of thiophene rings is 2. The van der Waals surface area contributed by atoms with E-state index < -0.39 is 0 Å². The first kappa shape index (κ1) is 20.9. The summed E-state index contributed by atoms with van der Waals surface area (Å²) < 4.78 is 1.39. The maximum atomic E-state index is 13.1. The second-order valence-corrected chi connectivity index (χ2v) is 10.2. The number of rotatable bonds is 5. The fourth-order valence-electron chi connectivity index (χ4n) is 4.10. The molecule has 32 heavy (non-hydrogen) atoms. The quantitative estimate of drug-likeness (QED) is 0.445. The normalized spacial score (nSPS) is 14.1. The third-order valence-electron chi connectivity index (χ3n) is 5.75. The fraction of sp³-hybridized carbons (Fsp3) is 0.292. The maximum absolute atomic E-state index is 13.1. The molecule has 1 aliphatic rings. The number of piperidine rings is 1. The van der Waals surface area contributed by atoms with E-state index in [0.29, 0.717) is 10.2 Å². The van der Waals surface area contributed by atoms with Gasteiger partial charge in [0, 0.05) is 45.2 Å². The lowest BCUT2D eigenvalue weighted by Crippen LogP contribution is -2.29. The summed E-state index contributed by atoms with van der Waals surface area (Å²) in [5, 5.41) is 5.45. The van der Waals surface area contributed by atoms with Crippen LogP contribution < -0.4 is 15.8 Å². The Hall–Kier alpha value is -2.97. The summed E-state index contributed by atoms with van der Waals surface area (Å²) in [7, 11) is 0. The Kier molecular flexibility index (Phi) is 5.80. The van der Waals surface area contributed by atoms with Crippen LogP contribution in [-0.4, -0.2) is 28.5 Å². The number of nitrogens with one attached hydrogen (secondary N) is 1. The molecule has 5 rings (SSSR count). The average Bonchev–Trinajstić information content (AvgIpc) is 3.43. The summed E-state index contributed by atoms with van der Waals surface area (Å²) in [6.45, 7) is 4.14. The number of nitrogens with zero attached hydrogens (tertiary/aromatic N) is 3. The highest BCUT2D eigenvalue weighted by molar-refractivity contribution is 7.19. The van der Waals surface area contributed by atoms with Gasteiger partial charge in [0.1, 0.15) is 11.4 Å². The van der Waals surface area contributed by atoms with Gasteiger partial charge in [-0.15, -0.1) is 22.7 Å². The molecule has 1 amide bonds. The molecule has 0 unspecified atom stereocenters. The van der Waals surface area contributed by atoms with Crippen molar-refractivity contribution >= 4 is 50.2 Å². The van der Waals surface area contributed by atoms with Crippen molar-refractivity contribution in [1.29, 1.82) is 0 Å². The van der Waals surface area contributed by atoms with Crippen LogP contribution in [0, 0.1) is 6.92 Å². The molecule has 1 aliphatic heterocycles. The molecule has 0 spiro atoms. The van der Waals surface area contributed by atoms with Gasteiger partial charge in [0.2, 0.25) is 5.91 Å². The maximum Gasteiger partial charge on any atom is 0.263 e. The lowest BCUT2D eigenvalue weighted by Gasteiger charge is -2.28. The van der Waals surface area contributed by atoms with Crippen molar-refractivity contribution in [3.05, 3.63) is 63.3 Å². The van der Waals surface area contributed by atoms with Crippen molar-refractivity contribution in [3.63, 3.8) is 0 Å². The lowest BCUT2D eigenvalue weighted by molar-refractivity contribution is -0.116. The molecule has 8 heteroatoms. The Morgan fingerprint density at radius 1 is 1.09 bits per heavy atom. The van der Waals surface area contributed by atoms with Gasteiger partial charge in [0.05, 0.1) is 11.7 Å². The van der Waals surface area contributed by atoms with Gasteiger partial charge in [-0.25, -0.2) is 4.98 Å². The molecule has 164 valence electrons. The van der Waals surface area contributed by atoms with E-state index in [1.54, 1.807) is 11.3 Å². The molecule has 6 nitrogen and oxygen atoms in total. The number of hydrogen-bond donors (Lipinski definition) is 1. The Morgan fingerprint density at radius 2 is 1.88 bits per heavy atom. The van der Waals surface area contributed by atoms with Gasteiger partial charge in [0.25, 0.3) is 5.56 Å². The number of amides is 1. The second-order valence-electron chi connectivity index (χ2n) is 8.06. The van der Waals surface area contributed by atoms with Crippen molar-refractivity contribution in [2.24, 2.45) is 0 Å². The first-order valence-electron chi connectivity index (χ1n) is 10.8. The summed E-state index contributed by atoms with van der Waals surface area (Å²) in [6.07, 6.45) is 5.21. The molecule has 4 heterocycles. The number of carbonyl (C=O) groups excluding carboxylic acids is 1. The highest BCUT2D eigenvalue weighted by Crippen LogP contribution is 2.34. The van der Waals surface area contributed by atoms with Gasteiger partial charge in [-0.3, -0.25) is 14.2 Å². The third-order valence-corrected chi connectivity index (χ3v) is 7.67. The first-order valence-corrected chi connectivity index (χ1v) is 12.5. The van der Waals surface area contributed by atoms with E-state index in [1.165, 1.54) is 52.1 Å². The largest absolute Gasteiger partial charge is 0.372 e. The molecule has 0 radical (unpaired) electrons. The molecule has 3 aromatic heterocycles. The van der Waals surface area contributed by atoms with Gasteiger partial charge in [0.15, 0.2) is 0 Å². The number of carbonyl (C=O) groups is 1. The highest BCUT2D eigenvalue weighted by Gasteiger charge is 2.16. The Morgan fingerprint density at radius 3 is 2.59 bits per heavy atom. The predicted octanol–water partition coefficient (Wildman–Crippen LogP) is 5.12. The number of anilines is 2. The van der Waals surface area contributed by atoms with Crippen molar-refractivity contribution in [2.75, 3.05) is 23.3 Å². The predicted molar refractivity (Wildman–Crippen MR) is 133 cm³/mol. The zero-order chi connectivity index (χ0) is 22.1. The Balaban J connectivity index is 1.32. The van der Waals surface area contributed by atoms with Gasteiger partial charge < -0.3 is 10.2 Å². The molecule has 1 aromatic carbocycles. The fourth-order valence-corrected chi connectivity index (χ4v) is 5.97. The number of hydrogen-bond acceptors (Lipinski definition) is 6. The minimum atomic E-state index is -0.247. The van der Waals surface area contributed by atoms with E-state index in [4.69, 9.17) is 0 Å². The van der Waals surface area contributed by atoms with Crippen LogP contribution in [0.5, 0.6) is 0 Å². The second kappa shape index (κ2) is 8.88. The van der Waals surface area contributed by atoms with E-state index in [1.807, 2.05) is 48.7 Å². The lowest BCUT2D eigenvalue weighted by atomic mass is 10.1. The van der Waals surface area contributed by atoms with Crippen LogP contribution in [0.3, 0.4) is 0 Å². The van der Waals surface area contributed by atoms with Gasteiger partial charge in [-0.05, 0) is 62.6 Å². The molecule has 0 atom stereocenters. The van der Waals surface area contributed by atoms with Crippen LogP contribution in [-0.2, 0) is 11.3 Å². The van der Waals surface area contributed by atoms with Gasteiger partial charge in [-0.2, -0.15) is 0 Å². The smallest absolute Gasteiger partial charge is 0.263 e. The SMILES string of the molecule is Cc1ccc(-c2csc3ncn(CC(=O)Nc4ccc(N5CCCCC5)cc4)c(=O)c23)s1. The van der Waals surface area contributed by atoms with Crippen molar-refractivity contribution in [2.45, 2.75) is 32.7 Å². The standard InChI is InChI=1S/C24H24N4O2S2/c1-16-5-10-20(32-16)19-14-31-23-22(19)24(30)28(15-25-23)13-21(29)26-17-6-8-18(9-7-17)27-11-3-2-4-12-27/h5-10,14-15H,2-4,11-13H2,1H3,(H,26,29). The monoisotopic (exact) mass is 464 g/mol. The van der Waals surface area contributed by atoms with E-state index in [-0.39, 0.29) is 18.0 Å². The van der Waals surface area contributed by atoms with Crippen molar-refractivity contribution in [3.8, 4) is 10.4 Å². The van der Waals surface area contributed by atoms with Crippen LogP contribution in [0.15, 0.2) is 52.9 Å². The molecule has 1 N–H and O–H groups in total. The third kappa shape index (κ3) is 4.20. The summed E-state index contributed by atoms with van der Waals surface area (Å²) >= 11 is 3.10. The minimum absolute atomic E-state index is 0.0750. The van der Waals surface area contributed by atoms with Gasteiger partial charge >= 0.3 is 0 Å². The molecule has 0 saturated carbocycles. The van der Waals surface area contributed by atoms with Crippen molar-refractivity contribution < 1.29 is 4.79 Å². The van der Waals surface area contributed by atoms with Crippen LogP contribution in [0.2, 0.25) is 0 Å². The molecular weight excluding hydrogens is 440 g/mol. The van der Waals surface area contributed by atoms with Crippen LogP contribution >= 0.6 is 22.7 Å². The molecule has 0 bridgehead atoms. The summed E-state index contributed by atoms with van der Waals surface area (Å²) in [6, 6.07) is 12.0. The highest BCUT2D eigenvalue weighted by atomic mass is 32.1. The molecule has 1 saturated heterocycles. The van der Waals surface area contributed by atoms with Gasteiger partial charge in [-0.1, -0.05) is 0 Å². The number of aromatic nitrogens is 2. The molecule has 1 fully saturated rings. The topological polar surface area (TPSA) is 67.2 Å². The summed E-state index contributed by atoms with van der Waals surface area (Å²) in [4.78, 5) is 35.5. The zero-order valence-electron chi connectivity index (χ0n) is 17.8. The number of benzene rings is 1. The average molecular weight is 465 g/mol. The van der Waals surface area contributed by atoms with Crippen LogP contribution in [0.25, 0.3) is 20.7 Å². The minimum Gasteiger partial charge on any atom is -0.372 e. The van der Waals surface area contributed by atoms with Crippen molar-refractivity contribution in [1.82, 2.24) is 9.55 Å². The molecular formula is C24H24N4O2S2. The first-order chi connectivity index (χ1) is 15.6. The number of fused-ring (bicyclic) bond motifs is 1. The zero-order valence-corrected chi connectivity index (χ0v) is 19.5. The van der Waals surface area contributed by atoms with Crippen LogP contribution in [0.1, 0.15) is 24.1 Å². The van der Waals surface area contributed by atoms with Crippen LogP contribution in [0.4, 0.5) is 11.4 Å². The summed E-state index contributed by atoms with van der Waals surface area (Å²) in [5.74, 6) is -0.247. The number of aryl methyl sites for hydroxylation is 1. The van der Waals surface area contributed by atoms with E-state index in [0.717, 1.165) is 29.2 Å². The van der Waals surface area contributed by atoms with E-state index in [9.17, 15) is 9.59 Å². The molecule has 0 aliphatic carbocycles. The summed E-state index contributed by atoms with van der Waals surface area (Å²) in [5.41, 5.74) is 2.61. The Bertz CT molecular complexity index is 1310. The Labute approximate surface area is 194 Å². The van der Waals surface area contributed by atoms with E-state index in [2.05, 4.69) is 15.2 Å². The molecule has 4 aromatic rings.